The molecule has 0 saturated heterocycles. The summed E-state index contributed by atoms with van der Waals surface area (Å²) in [6, 6.07) is 1.50. The standard InChI is InChI=1S/C14H22N2O4/c1-9(2)7-16-13(17)4-5-15-8-11-6-12(14(18)19)20-10(11)3/h6,9,15H,4-5,7-8H2,1-3H3,(H,16,17)(H,18,19). The number of aromatic carboxylic acids is 1. The minimum atomic E-state index is -1.08. The zero-order chi connectivity index (χ0) is 15.1. The second-order valence-electron chi connectivity index (χ2n) is 5.12. The van der Waals surface area contributed by atoms with E-state index in [1.54, 1.807) is 6.92 Å². The number of hydrogen-bond acceptors (Lipinski definition) is 4. The summed E-state index contributed by atoms with van der Waals surface area (Å²) in [5, 5.41) is 14.7. The zero-order valence-electron chi connectivity index (χ0n) is 12.2. The second kappa shape index (κ2) is 7.69. The van der Waals surface area contributed by atoms with Crippen LogP contribution in [0.1, 0.15) is 42.1 Å². The maximum Gasteiger partial charge on any atom is 0.371 e. The Labute approximate surface area is 118 Å². The van der Waals surface area contributed by atoms with Crippen LogP contribution < -0.4 is 10.6 Å². The van der Waals surface area contributed by atoms with Gasteiger partial charge in [0.2, 0.25) is 11.7 Å². The van der Waals surface area contributed by atoms with E-state index in [1.165, 1.54) is 6.07 Å². The summed E-state index contributed by atoms with van der Waals surface area (Å²) in [6.07, 6.45) is 0.398. The minimum Gasteiger partial charge on any atom is -0.475 e. The molecule has 1 amide bonds. The van der Waals surface area contributed by atoms with Crippen LogP contribution in [0.25, 0.3) is 0 Å². The molecule has 3 N–H and O–H groups in total. The highest BCUT2D eigenvalue weighted by atomic mass is 16.4. The van der Waals surface area contributed by atoms with Crippen LogP contribution >= 0.6 is 0 Å². The van der Waals surface area contributed by atoms with Gasteiger partial charge in [0.05, 0.1) is 0 Å². The number of furan rings is 1. The van der Waals surface area contributed by atoms with Crippen molar-refractivity contribution in [1.82, 2.24) is 10.6 Å². The van der Waals surface area contributed by atoms with Crippen LogP contribution in [-0.2, 0) is 11.3 Å². The molecule has 0 aliphatic heterocycles. The first-order valence-corrected chi connectivity index (χ1v) is 6.70. The van der Waals surface area contributed by atoms with E-state index in [2.05, 4.69) is 10.6 Å². The van der Waals surface area contributed by atoms with E-state index in [-0.39, 0.29) is 11.7 Å². The van der Waals surface area contributed by atoms with Gasteiger partial charge in [-0.15, -0.1) is 0 Å². The van der Waals surface area contributed by atoms with E-state index >= 15 is 0 Å². The lowest BCUT2D eigenvalue weighted by atomic mass is 10.2. The van der Waals surface area contributed by atoms with Crippen molar-refractivity contribution in [3.8, 4) is 0 Å². The predicted molar refractivity (Wildman–Crippen MR) is 74.6 cm³/mol. The number of rotatable bonds is 8. The molecule has 0 fully saturated rings. The summed E-state index contributed by atoms with van der Waals surface area (Å²) in [5.74, 6) is -0.100. The van der Waals surface area contributed by atoms with Crippen molar-refractivity contribution in [2.45, 2.75) is 33.7 Å². The van der Waals surface area contributed by atoms with Gasteiger partial charge >= 0.3 is 5.97 Å². The molecule has 0 unspecified atom stereocenters. The maximum absolute atomic E-state index is 11.5. The molecular formula is C14H22N2O4. The SMILES string of the molecule is Cc1oc(C(=O)O)cc1CNCCC(=O)NCC(C)C. The molecule has 0 saturated carbocycles. The third kappa shape index (κ3) is 5.44. The van der Waals surface area contributed by atoms with Crippen LogP contribution in [0, 0.1) is 12.8 Å². The fourth-order valence-corrected chi connectivity index (χ4v) is 1.63. The number of aryl methyl sites for hydroxylation is 1. The van der Waals surface area contributed by atoms with Gasteiger partial charge in [-0.1, -0.05) is 13.8 Å². The van der Waals surface area contributed by atoms with Gasteiger partial charge in [-0.2, -0.15) is 0 Å². The van der Waals surface area contributed by atoms with Crippen molar-refractivity contribution in [2.24, 2.45) is 5.92 Å². The number of nitrogens with one attached hydrogen (secondary N) is 2. The van der Waals surface area contributed by atoms with Crippen LogP contribution in [0.4, 0.5) is 0 Å². The monoisotopic (exact) mass is 282 g/mol. The third-order valence-corrected chi connectivity index (χ3v) is 2.78. The summed E-state index contributed by atoms with van der Waals surface area (Å²) in [7, 11) is 0. The van der Waals surface area contributed by atoms with Gasteiger partial charge in [0, 0.05) is 31.6 Å². The molecule has 1 heterocycles. The molecular weight excluding hydrogens is 260 g/mol. The molecule has 112 valence electrons. The summed E-state index contributed by atoms with van der Waals surface area (Å²) in [4.78, 5) is 22.2. The van der Waals surface area contributed by atoms with Crippen molar-refractivity contribution < 1.29 is 19.1 Å². The van der Waals surface area contributed by atoms with Gasteiger partial charge in [0.15, 0.2) is 0 Å². The molecule has 0 spiro atoms. The predicted octanol–water partition coefficient (Wildman–Crippen LogP) is 1.54. The first-order valence-electron chi connectivity index (χ1n) is 6.70. The molecule has 1 rings (SSSR count). The van der Waals surface area contributed by atoms with Crippen LogP contribution in [0.3, 0.4) is 0 Å². The Morgan fingerprint density at radius 1 is 1.40 bits per heavy atom. The van der Waals surface area contributed by atoms with Gasteiger partial charge < -0.3 is 20.2 Å². The number of carboxylic acids is 1. The molecule has 0 aromatic carbocycles. The van der Waals surface area contributed by atoms with E-state index in [0.717, 1.165) is 5.56 Å². The molecule has 1 aromatic heterocycles. The van der Waals surface area contributed by atoms with Crippen molar-refractivity contribution >= 4 is 11.9 Å². The van der Waals surface area contributed by atoms with Crippen molar-refractivity contribution in [2.75, 3.05) is 13.1 Å². The van der Waals surface area contributed by atoms with Crippen molar-refractivity contribution in [3.05, 3.63) is 23.2 Å². The number of hydrogen-bond donors (Lipinski definition) is 3. The molecule has 0 atom stereocenters. The highest BCUT2D eigenvalue weighted by molar-refractivity contribution is 5.84. The first-order chi connectivity index (χ1) is 9.40. The fraction of sp³-hybridized carbons (Fsp3) is 0.571. The zero-order valence-corrected chi connectivity index (χ0v) is 12.2. The Balaban J connectivity index is 2.27. The summed E-state index contributed by atoms with van der Waals surface area (Å²) >= 11 is 0. The van der Waals surface area contributed by atoms with E-state index in [4.69, 9.17) is 9.52 Å². The summed E-state index contributed by atoms with van der Waals surface area (Å²) < 4.78 is 5.10. The van der Waals surface area contributed by atoms with E-state index < -0.39 is 5.97 Å². The lowest BCUT2D eigenvalue weighted by Gasteiger charge is -2.08. The van der Waals surface area contributed by atoms with Crippen molar-refractivity contribution in [3.63, 3.8) is 0 Å². The lowest BCUT2D eigenvalue weighted by molar-refractivity contribution is -0.121. The highest BCUT2D eigenvalue weighted by Gasteiger charge is 2.12. The Hall–Kier alpha value is -1.82. The Morgan fingerprint density at radius 2 is 2.10 bits per heavy atom. The summed E-state index contributed by atoms with van der Waals surface area (Å²) in [6.45, 7) is 7.51. The Bertz CT molecular complexity index is 466. The van der Waals surface area contributed by atoms with Crippen LogP contribution in [0.15, 0.2) is 10.5 Å². The molecule has 1 aromatic rings. The van der Waals surface area contributed by atoms with Crippen molar-refractivity contribution in [1.29, 1.82) is 0 Å². The second-order valence-corrected chi connectivity index (χ2v) is 5.12. The fourth-order valence-electron chi connectivity index (χ4n) is 1.63. The van der Waals surface area contributed by atoms with Gasteiger partial charge in [-0.25, -0.2) is 4.79 Å². The van der Waals surface area contributed by atoms with E-state index in [0.29, 0.717) is 37.7 Å². The topological polar surface area (TPSA) is 91.6 Å². The minimum absolute atomic E-state index is 0.0151. The molecule has 6 nitrogen and oxygen atoms in total. The quantitative estimate of drug-likeness (QED) is 0.629. The molecule has 0 aliphatic rings. The maximum atomic E-state index is 11.5. The first kappa shape index (κ1) is 16.2. The van der Waals surface area contributed by atoms with Gasteiger partial charge in [0.25, 0.3) is 0 Å². The molecule has 0 aliphatic carbocycles. The lowest BCUT2D eigenvalue weighted by Crippen LogP contribution is -2.30. The normalized spacial score (nSPS) is 10.8. The number of amides is 1. The van der Waals surface area contributed by atoms with Gasteiger partial charge in [0.1, 0.15) is 5.76 Å². The Morgan fingerprint density at radius 3 is 2.65 bits per heavy atom. The molecule has 0 bridgehead atoms. The number of carbonyl (C=O) groups excluding carboxylic acids is 1. The summed E-state index contributed by atoms with van der Waals surface area (Å²) in [5.41, 5.74) is 0.796. The molecule has 6 heteroatoms. The van der Waals surface area contributed by atoms with E-state index in [1.807, 2.05) is 13.8 Å². The van der Waals surface area contributed by atoms with Crippen LogP contribution in [0.2, 0.25) is 0 Å². The average Bonchev–Trinajstić information content (AvgIpc) is 2.74. The third-order valence-electron chi connectivity index (χ3n) is 2.78. The van der Waals surface area contributed by atoms with Gasteiger partial charge in [-0.05, 0) is 18.9 Å². The average molecular weight is 282 g/mol. The van der Waals surface area contributed by atoms with E-state index in [9.17, 15) is 9.59 Å². The molecule has 20 heavy (non-hydrogen) atoms. The molecule has 0 radical (unpaired) electrons. The largest absolute Gasteiger partial charge is 0.475 e. The van der Waals surface area contributed by atoms with Gasteiger partial charge in [-0.3, -0.25) is 4.79 Å². The number of carboxylic acid groups (broad SMARTS) is 1. The van der Waals surface area contributed by atoms with Crippen LogP contribution in [-0.4, -0.2) is 30.1 Å². The Kier molecular flexibility index (Phi) is 6.24. The van der Waals surface area contributed by atoms with Crippen LogP contribution in [0.5, 0.6) is 0 Å². The number of carbonyl (C=O) groups is 2. The highest BCUT2D eigenvalue weighted by Crippen LogP contribution is 2.14. The smallest absolute Gasteiger partial charge is 0.371 e.